The van der Waals surface area contributed by atoms with Crippen molar-refractivity contribution in [2.75, 3.05) is 18.1 Å². The lowest BCUT2D eigenvalue weighted by Gasteiger charge is -2.25. The van der Waals surface area contributed by atoms with E-state index in [1.165, 1.54) is 39.3 Å². The van der Waals surface area contributed by atoms with Crippen LogP contribution in [0.2, 0.25) is 10.0 Å². The average molecular weight is 677 g/mol. The Labute approximate surface area is 271 Å². The summed E-state index contributed by atoms with van der Waals surface area (Å²) in [6.07, 6.45) is 1.87. The van der Waals surface area contributed by atoms with Gasteiger partial charge in [-0.05, 0) is 60.2 Å². The van der Waals surface area contributed by atoms with Crippen LogP contribution in [0.1, 0.15) is 53.5 Å². The van der Waals surface area contributed by atoms with Crippen LogP contribution in [-0.2, 0) is 10.5 Å². The van der Waals surface area contributed by atoms with E-state index in [-0.39, 0.29) is 10.7 Å². The van der Waals surface area contributed by atoms with Gasteiger partial charge in [0.05, 0.1) is 29.7 Å². The number of ether oxygens (including phenoxy) is 2. The third-order valence-corrected chi connectivity index (χ3v) is 10.1. The molecule has 0 saturated carbocycles. The molecule has 0 saturated heterocycles. The number of aromatic nitrogens is 2. The second-order valence-electron chi connectivity index (χ2n) is 9.36. The number of amides is 1. The van der Waals surface area contributed by atoms with Gasteiger partial charge in [-0.1, -0.05) is 77.8 Å². The quantitative estimate of drug-likeness (QED) is 0.0651. The molecule has 4 aromatic rings. The molecule has 1 atom stereocenters. The number of thiophene rings is 1. The number of hydrogen-bond acceptors (Lipinski definition) is 10. The first-order valence-corrected chi connectivity index (χ1v) is 16.9. The predicted molar refractivity (Wildman–Crippen MR) is 172 cm³/mol. The fraction of sp³-hybridized carbons (Fsp3) is 0.267. The number of aliphatic hydroxyl groups is 1. The Morgan fingerprint density at radius 2 is 1.93 bits per heavy atom. The van der Waals surface area contributed by atoms with Crippen LogP contribution in [0.3, 0.4) is 0 Å². The lowest BCUT2D eigenvalue weighted by molar-refractivity contribution is -0.117. The number of aliphatic hydroxyl groups excluding tert-OH is 1. The first-order chi connectivity index (χ1) is 20.8. The van der Waals surface area contributed by atoms with E-state index in [0.29, 0.717) is 55.3 Å². The smallest absolute Gasteiger partial charge is 0.296 e. The molecule has 5 rings (SSSR count). The van der Waals surface area contributed by atoms with E-state index in [4.69, 9.17) is 32.7 Å². The minimum absolute atomic E-state index is 0.0353. The zero-order valence-corrected chi connectivity index (χ0v) is 27.2. The van der Waals surface area contributed by atoms with Gasteiger partial charge in [-0.15, -0.1) is 21.5 Å². The zero-order chi connectivity index (χ0) is 30.5. The van der Waals surface area contributed by atoms with Crippen molar-refractivity contribution in [1.29, 1.82) is 0 Å². The number of nitrogens with zero attached hydrogens (tertiary/aromatic N) is 3. The number of benzene rings is 2. The highest BCUT2D eigenvalue weighted by Crippen LogP contribution is 2.46. The van der Waals surface area contributed by atoms with Gasteiger partial charge in [-0.2, -0.15) is 0 Å². The van der Waals surface area contributed by atoms with Gasteiger partial charge in [-0.3, -0.25) is 14.5 Å². The maximum absolute atomic E-state index is 13.7. The van der Waals surface area contributed by atoms with E-state index in [9.17, 15) is 14.7 Å². The van der Waals surface area contributed by atoms with Crippen molar-refractivity contribution < 1.29 is 24.2 Å². The number of hydrogen-bond donors (Lipinski definition) is 1. The van der Waals surface area contributed by atoms with Gasteiger partial charge in [0.15, 0.2) is 21.6 Å². The average Bonchev–Trinajstić information content (AvgIpc) is 3.74. The Balaban J connectivity index is 1.51. The summed E-state index contributed by atoms with van der Waals surface area (Å²) in [5.41, 5.74) is 1.39. The summed E-state index contributed by atoms with van der Waals surface area (Å²) in [7, 11) is 0. The third kappa shape index (κ3) is 6.86. The van der Waals surface area contributed by atoms with E-state index in [1.807, 2.05) is 13.0 Å². The van der Waals surface area contributed by atoms with E-state index >= 15 is 0 Å². The molecule has 3 heterocycles. The highest BCUT2D eigenvalue weighted by Gasteiger charge is 2.46. The molecule has 1 N–H and O–H groups in total. The number of halogens is 2. The monoisotopic (exact) mass is 675 g/mol. The molecule has 13 heteroatoms. The molecule has 2 aromatic carbocycles. The van der Waals surface area contributed by atoms with Crippen LogP contribution < -0.4 is 14.4 Å². The molecule has 0 aliphatic carbocycles. The Morgan fingerprint density at radius 1 is 1.09 bits per heavy atom. The molecule has 0 spiro atoms. The molecule has 1 amide bonds. The van der Waals surface area contributed by atoms with Crippen molar-refractivity contribution in [3.8, 4) is 11.5 Å². The summed E-state index contributed by atoms with van der Waals surface area (Å²) in [6, 6.07) is 13.0. The Hall–Kier alpha value is -3.09. The fourth-order valence-electron chi connectivity index (χ4n) is 4.44. The van der Waals surface area contributed by atoms with Crippen molar-refractivity contribution in [1.82, 2.24) is 10.2 Å². The molecule has 43 heavy (non-hydrogen) atoms. The molecule has 0 fully saturated rings. The van der Waals surface area contributed by atoms with Gasteiger partial charge >= 0.3 is 0 Å². The molecule has 8 nitrogen and oxygen atoms in total. The van der Waals surface area contributed by atoms with Crippen LogP contribution in [-0.4, -0.2) is 40.2 Å². The van der Waals surface area contributed by atoms with Crippen LogP contribution >= 0.6 is 57.6 Å². The van der Waals surface area contributed by atoms with Gasteiger partial charge in [0.25, 0.3) is 5.91 Å². The first-order valence-electron chi connectivity index (χ1n) is 13.5. The molecule has 0 radical (unpaired) electrons. The maximum atomic E-state index is 13.7. The van der Waals surface area contributed by atoms with Crippen LogP contribution in [0.5, 0.6) is 11.5 Å². The Morgan fingerprint density at radius 3 is 2.65 bits per heavy atom. The van der Waals surface area contributed by atoms with Crippen molar-refractivity contribution in [3.05, 3.63) is 91.3 Å². The molecule has 0 bridgehead atoms. The highest BCUT2D eigenvalue weighted by molar-refractivity contribution is 8.00. The summed E-state index contributed by atoms with van der Waals surface area (Å²) in [5.74, 6) is -0.256. The van der Waals surface area contributed by atoms with Gasteiger partial charge in [0.1, 0.15) is 0 Å². The molecular weight excluding hydrogens is 649 g/mol. The third-order valence-electron chi connectivity index (χ3n) is 6.50. The molecule has 1 aliphatic heterocycles. The number of rotatable bonds is 13. The molecule has 1 aliphatic rings. The van der Waals surface area contributed by atoms with Crippen molar-refractivity contribution in [2.45, 2.75) is 42.8 Å². The topological polar surface area (TPSA) is 102 Å². The summed E-state index contributed by atoms with van der Waals surface area (Å²) in [4.78, 5) is 29.0. The molecule has 224 valence electrons. The zero-order valence-electron chi connectivity index (χ0n) is 23.2. The maximum Gasteiger partial charge on any atom is 0.296 e. The van der Waals surface area contributed by atoms with Crippen LogP contribution in [0.15, 0.2) is 69.6 Å². The van der Waals surface area contributed by atoms with Gasteiger partial charge in [-0.25, -0.2) is 0 Å². The summed E-state index contributed by atoms with van der Waals surface area (Å²) in [6.45, 7) is 4.86. The highest BCUT2D eigenvalue weighted by atomic mass is 35.5. The Bertz CT molecular complexity index is 1660. The lowest BCUT2D eigenvalue weighted by atomic mass is 9.95. The number of carbonyl (C=O) groups is 2. The number of anilines is 1. The molecular formula is C30H27Cl2N3O5S3. The number of ketones is 1. The first kappa shape index (κ1) is 31.3. The van der Waals surface area contributed by atoms with E-state index < -0.39 is 23.5 Å². The Kier molecular flexibility index (Phi) is 10.3. The minimum atomic E-state index is -0.970. The molecule has 2 aromatic heterocycles. The second-order valence-corrected chi connectivity index (χ2v) is 13.3. The normalized spacial score (nSPS) is 14.9. The molecule has 1 unspecified atom stereocenters. The van der Waals surface area contributed by atoms with Crippen LogP contribution in [0.25, 0.3) is 0 Å². The second kappa shape index (κ2) is 14.1. The van der Waals surface area contributed by atoms with Crippen molar-refractivity contribution >= 4 is 74.5 Å². The van der Waals surface area contributed by atoms with Crippen LogP contribution in [0, 0.1) is 0 Å². The number of Topliss-reactive ketones (excluding diaryl/α,β-unsaturated/α-hetero) is 1. The van der Waals surface area contributed by atoms with Crippen LogP contribution in [0.4, 0.5) is 5.13 Å². The van der Waals surface area contributed by atoms with E-state index in [0.717, 1.165) is 18.4 Å². The standard InChI is InChI=1S/C30H27Cl2N3O5S3/c1-3-5-12-40-21-11-9-17(14-22(21)39-4-2)25-24(26(36)23-7-6-13-41-23)27(37)28(38)35(25)29-33-34-30(43-29)42-16-18-8-10-19(31)15-20(18)32/h6-11,13-15,25,37H,3-5,12,16H2,1-2H3. The SMILES string of the molecule is CCCCOc1ccc(C2C(C(=O)c3cccs3)=C(O)C(=O)N2c2nnc(SCc3ccc(Cl)cc3Cl)s2)cc1OCC. The lowest BCUT2D eigenvalue weighted by Crippen LogP contribution is -2.31. The minimum Gasteiger partial charge on any atom is -0.503 e. The number of thioether (sulfide) groups is 1. The van der Waals surface area contributed by atoms with Gasteiger partial charge in [0, 0.05) is 15.8 Å². The van der Waals surface area contributed by atoms with E-state index in [1.54, 1.807) is 47.8 Å². The van der Waals surface area contributed by atoms with Crippen molar-refractivity contribution in [2.24, 2.45) is 0 Å². The van der Waals surface area contributed by atoms with E-state index in [2.05, 4.69) is 17.1 Å². The summed E-state index contributed by atoms with van der Waals surface area (Å²) in [5, 5.41) is 22.8. The largest absolute Gasteiger partial charge is 0.503 e. The van der Waals surface area contributed by atoms with Gasteiger partial charge in [0.2, 0.25) is 10.9 Å². The number of carbonyl (C=O) groups excluding carboxylic acids is 2. The summed E-state index contributed by atoms with van der Waals surface area (Å²) < 4.78 is 12.4. The summed E-state index contributed by atoms with van der Waals surface area (Å²) >= 11 is 16.2. The number of unbranched alkanes of at least 4 members (excludes halogenated alkanes) is 1. The van der Waals surface area contributed by atoms with Gasteiger partial charge < -0.3 is 14.6 Å². The predicted octanol–water partition coefficient (Wildman–Crippen LogP) is 8.56. The fourth-order valence-corrected chi connectivity index (χ4v) is 7.54. The van der Waals surface area contributed by atoms with Crippen molar-refractivity contribution in [3.63, 3.8) is 0 Å².